The summed E-state index contributed by atoms with van der Waals surface area (Å²) in [5.74, 6) is 1.40. The lowest BCUT2D eigenvalue weighted by molar-refractivity contribution is -0.123. The zero-order chi connectivity index (χ0) is 14.6. The standard InChI is InChI=1S/C17H25NO2/c1-13(2)11-16(19)18-17(9-4-5-10-17)14-7-6-8-15(12-14)20-3/h6-8,12-13H,4-5,9-11H2,1-3H3,(H,18,19). The fourth-order valence-corrected chi connectivity index (χ4v) is 3.07. The smallest absolute Gasteiger partial charge is 0.220 e. The third-order valence-electron chi connectivity index (χ3n) is 4.05. The molecular weight excluding hydrogens is 250 g/mol. The summed E-state index contributed by atoms with van der Waals surface area (Å²) in [6.45, 7) is 4.15. The summed E-state index contributed by atoms with van der Waals surface area (Å²) in [5, 5.41) is 3.30. The lowest BCUT2D eigenvalue weighted by atomic mass is 9.87. The van der Waals surface area contributed by atoms with E-state index >= 15 is 0 Å². The topological polar surface area (TPSA) is 38.3 Å². The van der Waals surface area contributed by atoms with Gasteiger partial charge in [0.2, 0.25) is 5.91 Å². The van der Waals surface area contributed by atoms with E-state index < -0.39 is 0 Å². The predicted octanol–water partition coefficient (Wildman–Crippen LogP) is 3.63. The van der Waals surface area contributed by atoms with E-state index in [0.717, 1.165) is 18.6 Å². The Morgan fingerprint density at radius 3 is 2.65 bits per heavy atom. The van der Waals surface area contributed by atoms with E-state index in [2.05, 4.69) is 31.3 Å². The Morgan fingerprint density at radius 1 is 1.35 bits per heavy atom. The Morgan fingerprint density at radius 2 is 2.05 bits per heavy atom. The van der Waals surface area contributed by atoms with Crippen LogP contribution in [0.5, 0.6) is 5.75 Å². The fraction of sp³-hybridized carbons (Fsp3) is 0.588. The molecule has 0 spiro atoms. The van der Waals surface area contributed by atoms with Crippen molar-refractivity contribution < 1.29 is 9.53 Å². The van der Waals surface area contributed by atoms with E-state index in [9.17, 15) is 4.79 Å². The average molecular weight is 275 g/mol. The number of hydrogen-bond acceptors (Lipinski definition) is 2. The molecule has 2 rings (SSSR count). The molecule has 0 bridgehead atoms. The van der Waals surface area contributed by atoms with Gasteiger partial charge in [-0.05, 0) is 36.5 Å². The van der Waals surface area contributed by atoms with Crippen molar-refractivity contribution in [2.45, 2.75) is 51.5 Å². The van der Waals surface area contributed by atoms with E-state index in [-0.39, 0.29) is 11.4 Å². The molecule has 0 saturated heterocycles. The molecule has 3 nitrogen and oxygen atoms in total. The molecule has 1 aliphatic carbocycles. The van der Waals surface area contributed by atoms with Crippen molar-refractivity contribution in [1.29, 1.82) is 0 Å². The first-order valence-electron chi connectivity index (χ1n) is 7.51. The van der Waals surface area contributed by atoms with Crippen LogP contribution in [0.25, 0.3) is 0 Å². The number of carbonyl (C=O) groups excluding carboxylic acids is 1. The second kappa shape index (κ2) is 6.29. The number of hydrogen-bond donors (Lipinski definition) is 1. The summed E-state index contributed by atoms with van der Waals surface area (Å²) in [6, 6.07) is 8.11. The van der Waals surface area contributed by atoms with Gasteiger partial charge in [0.1, 0.15) is 5.75 Å². The molecule has 1 aromatic carbocycles. The van der Waals surface area contributed by atoms with Crippen molar-refractivity contribution >= 4 is 5.91 Å². The second-order valence-corrected chi connectivity index (χ2v) is 6.17. The van der Waals surface area contributed by atoms with Crippen LogP contribution in [0, 0.1) is 5.92 Å². The van der Waals surface area contributed by atoms with E-state index in [0.29, 0.717) is 12.3 Å². The fourth-order valence-electron chi connectivity index (χ4n) is 3.07. The predicted molar refractivity (Wildman–Crippen MR) is 80.7 cm³/mol. The molecule has 1 amide bonds. The second-order valence-electron chi connectivity index (χ2n) is 6.17. The Hall–Kier alpha value is -1.51. The van der Waals surface area contributed by atoms with Gasteiger partial charge in [-0.15, -0.1) is 0 Å². The minimum Gasteiger partial charge on any atom is -0.497 e. The Bertz CT molecular complexity index is 462. The zero-order valence-corrected chi connectivity index (χ0v) is 12.7. The highest BCUT2D eigenvalue weighted by atomic mass is 16.5. The monoisotopic (exact) mass is 275 g/mol. The normalized spacial score (nSPS) is 17.2. The summed E-state index contributed by atoms with van der Waals surface area (Å²) in [5.41, 5.74) is 0.979. The third kappa shape index (κ3) is 3.33. The molecule has 0 unspecified atom stereocenters. The van der Waals surface area contributed by atoms with Crippen LogP contribution < -0.4 is 10.1 Å². The van der Waals surface area contributed by atoms with Crippen LogP contribution in [0.1, 0.15) is 51.5 Å². The summed E-state index contributed by atoms with van der Waals surface area (Å²) >= 11 is 0. The SMILES string of the molecule is COc1cccc(C2(NC(=O)CC(C)C)CCCC2)c1. The lowest BCUT2D eigenvalue weighted by Crippen LogP contribution is -2.44. The summed E-state index contributed by atoms with van der Waals surface area (Å²) < 4.78 is 5.32. The van der Waals surface area contributed by atoms with Gasteiger partial charge in [0.05, 0.1) is 12.6 Å². The third-order valence-corrected chi connectivity index (χ3v) is 4.05. The molecule has 20 heavy (non-hydrogen) atoms. The van der Waals surface area contributed by atoms with Crippen molar-refractivity contribution in [3.05, 3.63) is 29.8 Å². The van der Waals surface area contributed by atoms with Crippen LogP contribution in [0.3, 0.4) is 0 Å². The van der Waals surface area contributed by atoms with Crippen molar-refractivity contribution in [2.75, 3.05) is 7.11 Å². The van der Waals surface area contributed by atoms with E-state index in [1.807, 2.05) is 12.1 Å². The highest BCUT2D eigenvalue weighted by molar-refractivity contribution is 5.77. The van der Waals surface area contributed by atoms with Crippen molar-refractivity contribution in [1.82, 2.24) is 5.32 Å². The maximum atomic E-state index is 12.2. The summed E-state index contributed by atoms with van der Waals surface area (Å²) in [6.07, 6.45) is 4.96. The average Bonchev–Trinajstić information content (AvgIpc) is 2.87. The van der Waals surface area contributed by atoms with Crippen LogP contribution in [0.4, 0.5) is 0 Å². The summed E-state index contributed by atoms with van der Waals surface area (Å²) in [7, 11) is 1.68. The molecule has 0 aromatic heterocycles. The lowest BCUT2D eigenvalue weighted by Gasteiger charge is -2.31. The Labute approximate surface area is 121 Å². The number of carbonyl (C=O) groups is 1. The van der Waals surface area contributed by atoms with Gasteiger partial charge in [-0.25, -0.2) is 0 Å². The van der Waals surface area contributed by atoms with Gasteiger partial charge in [0.15, 0.2) is 0 Å². The molecule has 110 valence electrons. The van der Waals surface area contributed by atoms with Gasteiger partial charge in [-0.3, -0.25) is 4.79 Å². The van der Waals surface area contributed by atoms with Gasteiger partial charge in [0.25, 0.3) is 0 Å². The zero-order valence-electron chi connectivity index (χ0n) is 12.7. The van der Waals surface area contributed by atoms with Crippen LogP contribution in [0.2, 0.25) is 0 Å². The molecular formula is C17H25NO2. The molecule has 1 N–H and O–H groups in total. The highest BCUT2D eigenvalue weighted by Gasteiger charge is 2.37. The molecule has 0 atom stereocenters. The Balaban J connectivity index is 2.22. The number of nitrogens with one attached hydrogen (secondary N) is 1. The maximum Gasteiger partial charge on any atom is 0.220 e. The van der Waals surface area contributed by atoms with Gasteiger partial charge in [-0.2, -0.15) is 0 Å². The first-order chi connectivity index (χ1) is 9.55. The minimum atomic E-state index is -0.194. The number of benzene rings is 1. The van der Waals surface area contributed by atoms with E-state index in [1.165, 1.54) is 18.4 Å². The first-order valence-corrected chi connectivity index (χ1v) is 7.51. The van der Waals surface area contributed by atoms with Crippen LogP contribution in [-0.4, -0.2) is 13.0 Å². The first kappa shape index (κ1) is 14.9. The number of methoxy groups -OCH3 is 1. The van der Waals surface area contributed by atoms with Crippen molar-refractivity contribution in [2.24, 2.45) is 5.92 Å². The summed E-state index contributed by atoms with van der Waals surface area (Å²) in [4.78, 5) is 12.2. The van der Waals surface area contributed by atoms with Gasteiger partial charge in [-0.1, -0.05) is 38.8 Å². The molecule has 0 radical (unpaired) electrons. The minimum absolute atomic E-state index is 0.157. The maximum absolute atomic E-state index is 12.2. The number of rotatable bonds is 5. The molecule has 0 aliphatic heterocycles. The van der Waals surface area contributed by atoms with Crippen LogP contribution >= 0.6 is 0 Å². The van der Waals surface area contributed by atoms with Gasteiger partial charge in [0, 0.05) is 6.42 Å². The quantitative estimate of drug-likeness (QED) is 0.891. The molecule has 1 fully saturated rings. The van der Waals surface area contributed by atoms with Crippen LogP contribution in [-0.2, 0) is 10.3 Å². The molecule has 3 heteroatoms. The number of ether oxygens (including phenoxy) is 1. The van der Waals surface area contributed by atoms with Crippen molar-refractivity contribution in [3.63, 3.8) is 0 Å². The van der Waals surface area contributed by atoms with Gasteiger partial charge >= 0.3 is 0 Å². The van der Waals surface area contributed by atoms with Gasteiger partial charge < -0.3 is 10.1 Å². The molecule has 1 aromatic rings. The van der Waals surface area contributed by atoms with Crippen molar-refractivity contribution in [3.8, 4) is 5.75 Å². The van der Waals surface area contributed by atoms with Crippen LogP contribution in [0.15, 0.2) is 24.3 Å². The largest absolute Gasteiger partial charge is 0.497 e. The Kier molecular flexibility index (Phi) is 4.69. The number of amides is 1. The van der Waals surface area contributed by atoms with E-state index in [4.69, 9.17) is 4.74 Å². The highest BCUT2D eigenvalue weighted by Crippen LogP contribution is 2.39. The molecule has 0 heterocycles. The molecule has 1 saturated carbocycles. The molecule has 1 aliphatic rings. The van der Waals surface area contributed by atoms with E-state index in [1.54, 1.807) is 7.11 Å².